The Hall–Kier alpha value is -3.84. The molecule has 0 aliphatic rings. The molecule has 0 heterocycles. The van der Waals surface area contributed by atoms with E-state index >= 15 is 0 Å². The summed E-state index contributed by atoms with van der Waals surface area (Å²) in [5.74, 6) is 0.756. The van der Waals surface area contributed by atoms with Crippen molar-refractivity contribution in [2.24, 2.45) is 11.0 Å². The number of carbonyl (C=O) groups excluding carboxylic acids is 2. The van der Waals surface area contributed by atoms with Gasteiger partial charge in [-0.3, -0.25) is 4.79 Å². The number of hydrogen-bond acceptors (Lipinski definition) is 6. The summed E-state index contributed by atoms with van der Waals surface area (Å²) in [6, 6.07) is 19.0. The van der Waals surface area contributed by atoms with Gasteiger partial charge in [-0.05, 0) is 66.1 Å². The van der Waals surface area contributed by atoms with Crippen LogP contribution in [0.15, 0.2) is 71.8 Å². The Morgan fingerprint density at radius 1 is 1.06 bits per heavy atom. The number of hydrogen-bond donors (Lipinski definition) is 1. The lowest BCUT2D eigenvalue weighted by molar-refractivity contribution is 0.0459. The van der Waals surface area contributed by atoms with Crippen molar-refractivity contribution in [2.45, 2.75) is 20.5 Å². The average Bonchev–Trinajstić information content (AvgIpc) is 2.86. The maximum absolute atomic E-state index is 12.2. The lowest BCUT2D eigenvalue weighted by Gasteiger charge is -2.12. The standard InChI is InChI=1S/C27H27ClN2O5/c1-18(2)16-35-27(32)20-9-11-22(12-10-20)34-17-21-14-19(8-13-25(21)33-3)15-29-30-26(31)23-6-4-5-7-24(23)28/h4-15,18H,16-17H2,1-3H3,(H,30,31). The molecule has 0 saturated heterocycles. The van der Waals surface area contributed by atoms with Gasteiger partial charge >= 0.3 is 5.97 Å². The van der Waals surface area contributed by atoms with Crippen molar-refractivity contribution >= 4 is 29.7 Å². The first-order valence-corrected chi connectivity index (χ1v) is 11.4. The first kappa shape index (κ1) is 25.8. The molecule has 0 unspecified atom stereocenters. The van der Waals surface area contributed by atoms with E-state index in [4.69, 9.17) is 25.8 Å². The van der Waals surface area contributed by atoms with Gasteiger partial charge in [-0.2, -0.15) is 5.10 Å². The minimum Gasteiger partial charge on any atom is -0.496 e. The van der Waals surface area contributed by atoms with Gasteiger partial charge in [0, 0.05) is 5.56 Å². The molecule has 8 heteroatoms. The molecule has 3 aromatic rings. The van der Waals surface area contributed by atoms with Crippen molar-refractivity contribution in [3.05, 3.63) is 94.0 Å². The second-order valence-corrected chi connectivity index (χ2v) is 8.46. The third-order valence-electron chi connectivity index (χ3n) is 4.83. The van der Waals surface area contributed by atoms with Crippen molar-refractivity contribution < 1.29 is 23.8 Å². The van der Waals surface area contributed by atoms with Gasteiger partial charge in [0.05, 0.1) is 36.1 Å². The molecule has 0 saturated carbocycles. The van der Waals surface area contributed by atoms with E-state index in [1.165, 1.54) is 6.21 Å². The Morgan fingerprint density at radius 2 is 1.80 bits per heavy atom. The number of nitrogens with one attached hydrogen (secondary N) is 1. The summed E-state index contributed by atoms with van der Waals surface area (Å²) in [6.45, 7) is 4.57. The summed E-state index contributed by atoms with van der Waals surface area (Å²) in [5, 5.41) is 4.37. The van der Waals surface area contributed by atoms with Crippen LogP contribution in [0.3, 0.4) is 0 Å². The van der Waals surface area contributed by atoms with Crippen LogP contribution in [0.25, 0.3) is 0 Å². The van der Waals surface area contributed by atoms with Crippen LogP contribution in [0.1, 0.15) is 45.7 Å². The predicted molar refractivity (Wildman–Crippen MR) is 135 cm³/mol. The van der Waals surface area contributed by atoms with Crippen LogP contribution in [0.4, 0.5) is 0 Å². The van der Waals surface area contributed by atoms with Crippen LogP contribution in [0.2, 0.25) is 5.02 Å². The first-order chi connectivity index (χ1) is 16.9. The van der Waals surface area contributed by atoms with Crippen molar-refractivity contribution in [2.75, 3.05) is 13.7 Å². The molecular weight excluding hydrogens is 468 g/mol. The number of hydrazone groups is 1. The van der Waals surface area contributed by atoms with Crippen LogP contribution >= 0.6 is 11.6 Å². The molecule has 0 radical (unpaired) electrons. The summed E-state index contributed by atoms with van der Waals surface area (Å²) in [6.07, 6.45) is 1.52. The number of amides is 1. The van der Waals surface area contributed by atoms with Crippen LogP contribution in [0, 0.1) is 5.92 Å². The first-order valence-electron chi connectivity index (χ1n) is 11.0. The predicted octanol–water partition coefficient (Wildman–Crippen LogP) is 5.50. The fraction of sp³-hybridized carbons (Fsp3) is 0.222. The van der Waals surface area contributed by atoms with Gasteiger partial charge < -0.3 is 14.2 Å². The van der Waals surface area contributed by atoms with Crippen LogP contribution < -0.4 is 14.9 Å². The Morgan fingerprint density at radius 3 is 2.49 bits per heavy atom. The van der Waals surface area contributed by atoms with Crippen LogP contribution in [-0.4, -0.2) is 31.8 Å². The number of carbonyl (C=O) groups is 2. The van der Waals surface area contributed by atoms with E-state index in [1.807, 2.05) is 26.0 Å². The topological polar surface area (TPSA) is 86.2 Å². The molecule has 0 spiro atoms. The normalized spacial score (nSPS) is 10.9. The summed E-state index contributed by atoms with van der Waals surface area (Å²) in [5.41, 5.74) is 4.81. The number of halogens is 1. The Balaban J connectivity index is 1.61. The number of esters is 1. The number of benzene rings is 3. The Labute approximate surface area is 209 Å². The molecule has 0 fully saturated rings. The smallest absolute Gasteiger partial charge is 0.338 e. The van der Waals surface area contributed by atoms with Crippen molar-refractivity contribution in [1.82, 2.24) is 5.43 Å². The van der Waals surface area contributed by atoms with Gasteiger partial charge in [-0.25, -0.2) is 10.2 Å². The van der Waals surface area contributed by atoms with E-state index in [0.717, 1.165) is 11.1 Å². The zero-order valence-electron chi connectivity index (χ0n) is 19.8. The molecule has 1 amide bonds. The maximum Gasteiger partial charge on any atom is 0.338 e. The zero-order valence-corrected chi connectivity index (χ0v) is 20.5. The molecule has 0 aliphatic heterocycles. The number of nitrogens with zero attached hydrogens (tertiary/aromatic N) is 1. The van der Waals surface area contributed by atoms with Gasteiger partial charge in [0.1, 0.15) is 18.1 Å². The Bertz CT molecular complexity index is 1190. The summed E-state index contributed by atoms with van der Waals surface area (Å²) in [7, 11) is 1.58. The van der Waals surface area contributed by atoms with Crippen LogP contribution in [-0.2, 0) is 11.3 Å². The third-order valence-corrected chi connectivity index (χ3v) is 5.16. The molecule has 3 rings (SSSR count). The summed E-state index contributed by atoms with van der Waals surface area (Å²) in [4.78, 5) is 24.3. The van der Waals surface area contributed by atoms with E-state index in [1.54, 1.807) is 61.7 Å². The molecule has 35 heavy (non-hydrogen) atoms. The summed E-state index contributed by atoms with van der Waals surface area (Å²) < 4.78 is 16.5. The quantitative estimate of drug-likeness (QED) is 0.228. The molecule has 0 atom stereocenters. The van der Waals surface area contributed by atoms with Gasteiger partial charge in [0.25, 0.3) is 5.91 Å². The molecule has 0 bridgehead atoms. The highest BCUT2D eigenvalue weighted by molar-refractivity contribution is 6.33. The molecule has 182 valence electrons. The fourth-order valence-corrected chi connectivity index (χ4v) is 3.26. The minimum atomic E-state index is -0.402. The van der Waals surface area contributed by atoms with Gasteiger partial charge in [-0.1, -0.05) is 37.6 Å². The molecule has 1 N–H and O–H groups in total. The second-order valence-electron chi connectivity index (χ2n) is 8.06. The van der Waals surface area contributed by atoms with Crippen LogP contribution in [0.5, 0.6) is 11.5 Å². The fourth-order valence-electron chi connectivity index (χ4n) is 3.04. The molecular formula is C27H27ClN2O5. The van der Waals surface area contributed by atoms with E-state index in [2.05, 4.69) is 10.5 Å². The zero-order chi connectivity index (χ0) is 25.2. The highest BCUT2D eigenvalue weighted by atomic mass is 35.5. The van der Waals surface area contributed by atoms with Gasteiger partial charge in [0.2, 0.25) is 0 Å². The van der Waals surface area contributed by atoms with E-state index < -0.39 is 5.91 Å². The monoisotopic (exact) mass is 494 g/mol. The summed E-state index contributed by atoms with van der Waals surface area (Å²) >= 11 is 6.04. The number of ether oxygens (including phenoxy) is 3. The molecule has 3 aromatic carbocycles. The van der Waals surface area contributed by atoms with Crippen molar-refractivity contribution in [3.63, 3.8) is 0 Å². The van der Waals surface area contributed by atoms with Crippen molar-refractivity contribution in [3.8, 4) is 11.5 Å². The Kier molecular flexibility index (Phi) is 9.26. The second kappa shape index (κ2) is 12.6. The lowest BCUT2D eigenvalue weighted by atomic mass is 10.1. The largest absolute Gasteiger partial charge is 0.496 e. The van der Waals surface area contributed by atoms with Crippen molar-refractivity contribution in [1.29, 1.82) is 0 Å². The lowest BCUT2D eigenvalue weighted by Crippen LogP contribution is -2.17. The van der Waals surface area contributed by atoms with Gasteiger partial charge in [0.15, 0.2) is 0 Å². The average molecular weight is 495 g/mol. The van der Waals surface area contributed by atoms with E-state index in [9.17, 15) is 9.59 Å². The highest BCUT2D eigenvalue weighted by Gasteiger charge is 2.10. The molecule has 0 aliphatic carbocycles. The molecule has 0 aromatic heterocycles. The van der Waals surface area contributed by atoms with Gasteiger partial charge in [-0.15, -0.1) is 0 Å². The number of rotatable bonds is 10. The number of methoxy groups -OCH3 is 1. The highest BCUT2D eigenvalue weighted by Crippen LogP contribution is 2.22. The minimum absolute atomic E-state index is 0.230. The maximum atomic E-state index is 12.2. The molecule has 7 nitrogen and oxygen atoms in total. The van der Waals surface area contributed by atoms with E-state index in [-0.39, 0.29) is 18.5 Å². The SMILES string of the molecule is COc1ccc(C=NNC(=O)c2ccccc2Cl)cc1COc1ccc(C(=O)OCC(C)C)cc1. The third kappa shape index (κ3) is 7.58. The van der Waals surface area contributed by atoms with E-state index in [0.29, 0.717) is 34.3 Å².